The molecule has 2 N–H and O–H groups in total. The van der Waals surface area contributed by atoms with E-state index >= 15 is 0 Å². The number of aryl methyl sites for hydroxylation is 1. The highest BCUT2D eigenvalue weighted by atomic mass is 16.2. The van der Waals surface area contributed by atoms with Crippen molar-refractivity contribution in [3.8, 4) is 0 Å². The molecule has 2 aliphatic rings. The molecule has 2 atom stereocenters. The van der Waals surface area contributed by atoms with Crippen molar-refractivity contribution in [3.63, 3.8) is 0 Å². The maximum Gasteiger partial charge on any atom is 0.243 e. The zero-order chi connectivity index (χ0) is 19.2. The fourth-order valence-electron chi connectivity index (χ4n) is 4.40. The second-order valence-corrected chi connectivity index (χ2v) is 8.08. The predicted molar refractivity (Wildman–Crippen MR) is 114 cm³/mol. The molecule has 148 valence electrons. The van der Waals surface area contributed by atoms with Crippen LogP contribution in [-0.2, 0) is 11.2 Å². The van der Waals surface area contributed by atoms with Gasteiger partial charge in [-0.3, -0.25) is 4.79 Å². The van der Waals surface area contributed by atoms with Gasteiger partial charge in [-0.2, -0.15) is 0 Å². The average molecular weight is 378 g/mol. The molecule has 0 aliphatic carbocycles. The van der Waals surface area contributed by atoms with Crippen molar-refractivity contribution in [2.75, 3.05) is 25.0 Å². The molecule has 2 aliphatic heterocycles. The number of benzene rings is 2. The topological polar surface area (TPSA) is 44.4 Å². The van der Waals surface area contributed by atoms with E-state index in [0.717, 1.165) is 38.2 Å². The Balaban J connectivity index is 1.45. The first-order chi connectivity index (χ1) is 13.8. The fourth-order valence-corrected chi connectivity index (χ4v) is 4.40. The number of amides is 1. The third-order valence-corrected chi connectivity index (χ3v) is 6.02. The Hall–Kier alpha value is -2.33. The number of nitrogens with zero attached hydrogens (tertiary/aromatic N) is 1. The van der Waals surface area contributed by atoms with E-state index in [0.29, 0.717) is 0 Å². The maximum absolute atomic E-state index is 13.1. The fraction of sp³-hybridized carbons (Fsp3) is 0.458. The second-order valence-electron chi connectivity index (χ2n) is 8.08. The van der Waals surface area contributed by atoms with Gasteiger partial charge in [0.15, 0.2) is 0 Å². The lowest BCUT2D eigenvalue weighted by Gasteiger charge is -2.31. The minimum atomic E-state index is -0.162. The summed E-state index contributed by atoms with van der Waals surface area (Å²) in [5.74, 6) is 0.109. The molecular weight excluding hydrogens is 346 g/mol. The van der Waals surface area contributed by atoms with Gasteiger partial charge in [0.1, 0.15) is 6.04 Å². The molecule has 0 radical (unpaired) electrons. The summed E-state index contributed by atoms with van der Waals surface area (Å²) in [7, 11) is 0. The highest BCUT2D eigenvalue weighted by Gasteiger charge is 2.27. The largest absolute Gasteiger partial charge is 0.373 e. The molecule has 28 heavy (non-hydrogen) atoms. The average Bonchev–Trinajstić information content (AvgIpc) is 3.02. The number of para-hydroxylation sites is 1. The van der Waals surface area contributed by atoms with Gasteiger partial charge in [-0.15, -0.1) is 0 Å². The molecule has 0 aromatic heterocycles. The van der Waals surface area contributed by atoms with Gasteiger partial charge in [0.2, 0.25) is 5.91 Å². The Labute approximate surface area is 168 Å². The van der Waals surface area contributed by atoms with Crippen molar-refractivity contribution in [2.45, 2.75) is 50.6 Å². The summed E-state index contributed by atoms with van der Waals surface area (Å²) in [5.41, 5.74) is 3.59. The number of hydrogen-bond acceptors (Lipinski definition) is 3. The number of hydrogen-bond donors (Lipinski definition) is 2. The zero-order valence-corrected chi connectivity index (χ0v) is 16.6. The van der Waals surface area contributed by atoms with Crippen LogP contribution in [0.3, 0.4) is 0 Å². The van der Waals surface area contributed by atoms with Crippen LogP contribution in [0.15, 0.2) is 54.6 Å². The summed E-state index contributed by atoms with van der Waals surface area (Å²) in [6, 6.07) is 18.6. The summed E-state index contributed by atoms with van der Waals surface area (Å²) in [4.78, 5) is 15.6. The number of nitrogens with one attached hydrogen (secondary N) is 2. The standard InChI is InChI=1S/C24H31N3O/c28-24(22-15-14-20-12-6-7-13-21(20)25-22)26-23(19-10-4-3-5-11-19)18-27-16-8-1-2-9-17-27/h3-7,10-13,22-23,25H,1-2,8-9,14-18H2,(H,26,28)/t22?,23-/m1/s1. The summed E-state index contributed by atoms with van der Waals surface area (Å²) < 4.78 is 0. The van der Waals surface area contributed by atoms with Crippen molar-refractivity contribution in [3.05, 3.63) is 65.7 Å². The van der Waals surface area contributed by atoms with E-state index in [-0.39, 0.29) is 18.0 Å². The molecule has 1 fully saturated rings. The highest BCUT2D eigenvalue weighted by Crippen LogP contribution is 2.25. The van der Waals surface area contributed by atoms with Crippen molar-refractivity contribution >= 4 is 11.6 Å². The Morgan fingerprint density at radius 1 is 1.00 bits per heavy atom. The van der Waals surface area contributed by atoms with Gasteiger partial charge in [0.25, 0.3) is 0 Å². The minimum Gasteiger partial charge on any atom is -0.373 e. The van der Waals surface area contributed by atoms with Crippen molar-refractivity contribution in [1.29, 1.82) is 0 Å². The first-order valence-electron chi connectivity index (χ1n) is 10.7. The first kappa shape index (κ1) is 19.0. The van der Waals surface area contributed by atoms with Gasteiger partial charge < -0.3 is 15.5 Å². The van der Waals surface area contributed by atoms with E-state index in [1.165, 1.54) is 36.8 Å². The number of carbonyl (C=O) groups is 1. The quantitative estimate of drug-likeness (QED) is 0.823. The van der Waals surface area contributed by atoms with Crippen LogP contribution in [0.4, 0.5) is 5.69 Å². The van der Waals surface area contributed by atoms with Crippen molar-refractivity contribution < 1.29 is 4.79 Å². The molecule has 2 heterocycles. The lowest BCUT2D eigenvalue weighted by atomic mass is 9.97. The summed E-state index contributed by atoms with van der Waals surface area (Å²) in [6.07, 6.45) is 6.96. The van der Waals surface area contributed by atoms with Crippen LogP contribution in [0.2, 0.25) is 0 Å². The monoisotopic (exact) mass is 377 g/mol. The Kier molecular flexibility index (Phi) is 6.27. The number of anilines is 1. The van der Waals surface area contributed by atoms with Gasteiger partial charge in [-0.05, 0) is 56.0 Å². The van der Waals surface area contributed by atoms with Gasteiger partial charge in [-0.25, -0.2) is 0 Å². The smallest absolute Gasteiger partial charge is 0.243 e. The molecule has 2 aromatic rings. The van der Waals surface area contributed by atoms with Crippen molar-refractivity contribution in [1.82, 2.24) is 10.2 Å². The van der Waals surface area contributed by atoms with Gasteiger partial charge >= 0.3 is 0 Å². The number of likely N-dealkylation sites (tertiary alicyclic amines) is 1. The van der Waals surface area contributed by atoms with E-state index in [9.17, 15) is 4.79 Å². The van der Waals surface area contributed by atoms with Gasteiger partial charge in [0.05, 0.1) is 6.04 Å². The highest BCUT2D eigenvalue weighted by molar-refractivity contribution is 5.86. The van der Waals surface area contributed by atoms with E-state index in [1.54, 1.807) is 0 Å². The predicted octanol–water partition coefficient (Wildman–Crippen LogP) is 4.15. The number of rotatable bonds is 5. The third kappa shape index (κ3) is 4.74. The number of fused-ring (bicyclic) bond motifs is 1. The molecule has 4 nitrogen and oxygen atoms in total. The summed E-state index contributed by atoms with van der Waals surface area (Å²) in [6.45, 7) is 3.15. The van der Waals surface area contributed by atoms with Gasteiger partial charge in [0, 0.05) is 12.2 Å². The summed E-state index contributed by atoms with van der Waals surface area (Å²) in [5, 5.41) is 6.80. The molecule has 0 spiro atoms. The van der Waals surface area contributed by atoms with Crippen LogP contribution < -0.4 is 10.6 Å². The molecule has 1 unspecified atom stereocenters. The molecule has 1 amide bonds. The molecule has 0 saturated carbocycles. The Bertz CT molecular complexity index is 768. The first-order valence-corrected chi connectivity index (χ1v) is 10.7. The summed E-state index contributed by atoms with van der Waals surface area (Å²) >= 11 is 0. The Morgan fingerprint density at radius 3 is 2.50 bits per heavy atom. The lowest BCUT2D eigenvalue weighted by molar-refractivity contribution is -0.122. The van der Waals surface area contributed by atoms with Crippen LogP contribution in [0.25, 0.3) is 0 Å². The van der Waals surface area contributed by atoms with E-state index < -0.39 is 0 Å². The number of carbonyl (C=O) groups excluding carboxylic acids is 1. The van der Waals surface area contributed by atoms with E-state index in [4.69, 9.17) is 0 Å². The molecule has 4 heteroatoms. The molecule has 4 rings (SSSR count). The SMILES string of the molecule is O=C(N[C@H](CN1CCCCCC1)c1ccccc1)C1CCc2ccccc2N1. The van der Waals surface area contributed by atoms with Gasteiger partial charge in [-0.1, -0.05) is 61.4 Å². The molecular formula is C24H31N3O. The lowest BCUT2D eigenvalue weighted by Crippen LogP contribution is -2.46. The zero-order valence-electron chi connectivity index (χ0n) is 16.6. The van der Waals surface area contributed by atoms with Crippen LogP contribution in [0.5, 0.6) is 0 Å². The molecule has 2 aromatic carbocycles. The molecule has 1 saturated heterocycles. The van der Waals surface area contributed by atoms with Crippen LogP contribution in [0.1, 0.15) is 49.3 Å². The normalized spacial score (nSPS) is 21.1. The third-order valence-electron chi connectivity index (χ3n) is 6.02. The van der Waals surface area contributed by atoms with E-state index in [2.05, 4.69) is 58.0 Å². The van der Waals surface area contributed by atoms with E-state index in [1.807, 2.05) is 12.1 Å². The van der Waals surface area contributed by atoms with Crippen LogP contribution >= 0.6 is 0 Å². The Morgan fingerprint density at radius 2 is 1.71 bits per heavy atom. The maximum atomic E-state index is 13.1. The van der Waals surface area contributed by atoms with Crippen LogP contribution in [-0.4, -0.2) is 36.5 Å². The minimum absolute atomic E-state index is 0.0331. The molecule has 0 bridgehead atoms. The van der Waals surface area contributed by atoms with Crippen LogP contribution in [0, 0.1) is 0 Å². The second kappa shape index (κ2) is 9.24. The van der Waals surface area contributed by atoms with Crippen molar-refractivity contribution in [2.24, 2.45) is 0 Å².